The molecule has 0 bridgehead atoms. The second-order valence-corrected chi connectivity index (χ2v) is 5.64. The van der Waals surface area contributed by atoms with Crippen molar-refractivity contribution in [2.45, 2.75) is 0 Å². The van der Waals surface area contributed by atoms with Gasteiger partial charge in [-0.2, -0.15) is 0 Å². The molecule has 0 atom stereocenters. The minimum absolute atomic E-state index is 0.0927. The third-order valence-electron chi connectivity index (χ3n) is 3.82. The van der Waals surface area contributed by atoms with Gasteiger partial charge in [0.1, 0.15) is 5.75 Å². The van der Waals surface area contributed by atoms with Crippen LogP contribution in [0.3, 0.4) is 0 Å². The molecule has 0 saturated carbocycles. The Kier molecular flexibility index (Phi) is 5.65. The second kappa shape index (κ2) is 8.50. The smallest absolute Gasteiger partial charge is 0.201 e. The van der Waals surface area contributed by atoms with E-state index < -0.39 is 0 Å². The van der Waals surface area contributed by atoms with Gasteiger partial charge in [0.25, 0.3) is 0 Å². The van der Waals surface area contributed by atoms with Crippen molar-refractivity contribution in [1.82, 2.24) is 0 Å². The van der Waals surface area contributed by atoms with Crippen LogP contribution in [0.25, 0.3) is 6.08 Å². The summed E-state index contributed by atoms with van der Waals surface area (Å²) < 4.78 is 5.18. The summed E-state index contributed by atoms with van der Waals surface area (Å²) in [6, 6.07) is 26.4. The Morgan fingerprint density at radius 1 is 0.846 bits per heavy atom. The van der Waals surface area contributed by atoms with Crippen LogP contribution in [-0.4, -0.2) is 12.9 Å². The highest BCUT2D eigenvalue weighted by Gasteiger charge is 2.10. The van der Waals surface area contributed by atoms with Gasteiger partial charge in [0.05, 0.1) is 12.7 Å². The summed E-state index contributed by atoms with van der Waals surface area (Å²) in [7, 11) is 1.63. The van der Waals surface area contributed by atoms with Crippen molar-refractivity contribution in [2.75, 3.05) is 7.11 Å². The fraction of sp³-hybridized carbons (Fsp3) is 0.0417. The molecule has 26 heavy (non-hydrogen) atoms. The van der Waals surface area contributed by atoms with Gasteiger partial charge in [0, 0.05) is 11.1 Å². The molecule has 126 valence electrons. The first kappa shape index (κ1) is 17.3. The molecule has 0 aromatic heterocycles. The van der Waals surface area contributed by atoms with E-state index in [-0.39, 0.29) is 5.78 Å². The summed E-state index contributed by atoms with van der Waals surface area (Å²) in [4.78, 5) is 12.9. The summed E-state index contributed by atoms with van der Waals surface area (Å²) in [5, 5.41) is 0. The number of allylic oxidation sites excluding steroid dienone is 1. The van der Waals surface area contributed by atoms with E-state index >= 15 is 0 Å². The lowest BCUT2D eigenvalue weighted by atomic mass is 10.0. The molecule has 0 saturated heterocycles. The van der Waals surface area contributed by atoms with Gasteiger partial charge in [-0.05, 0) is 35.9 Å². The second-order valence-electron chi connectivity index (χ2n) is 5.64. The Labute approximate surface area is 153 Å². The third kappa shape index (κ3) is 4.49. The average Bonchev–Trinajstić information content (AvgIpc) is 2.72. The number of methoxy groups -OCH3 is 1. The van der Waals surface area contributed by atoms with Crippen LogP contribution in [0.2, 0.25) is 0 Å². The fourth-order valence-corrected chi connectivity index (χ4v) is 2.43. The number of rotatable bonds is 4. The highest BCUT2D eigenvalue weighted by atomic mass is 16.5. The first-order valence-corrected chi connectivity index (χ1v) is 8.29. The lowest BCUT2D eigenvalue weighted by molar-refractivity contribution is 0.104. The molecule has 3 aromatic rings. The van der Waals surface area contributed by atoms with Crippen LogP contribution >= 0.6 is 0 Å². The summed E-state index contributed by atoms with van der Waals surface area (Å²) >= 11 is 0. The molecule has 2 nitrogen and oxygen atoms in total. The highest BCUT2D eigenvalue weighted by molar-refractivity contribution is 6.14. The summed E-state index contributed by atoms with van der Waals surface area (Å²) in [6.07, 6.45) is 1.81. The van der Waals surface area contributed by atoms with Gasteiger partial charge in [0.15, 0.2) is 0 Å². The summed E-state index contributed by atoms with van der Waals surface area (Å²) in [6.45, 7) is 0. The predicted molar refractivity (Wildman–Crippen MR) is 105 cm³/mol. The first-order chi connectivity index (χ1) is 12.8. The van der Waals surface area contributed by atoms with Gasteiger partial charge in [-0.25, -0.2) is 0 Å². The maximum absolute atomic E-state index is 12.9. The van der Waals surface area contributed by atoms with Crippen LogP contribution in [0.15, 0.2) is 90.5 Å². The molecule has 0 fully saturated rings. The zero-order valence-electron chi connectivity index (χ0n) is 14.5. The van der Waals surface area contributed by atoms with Crippen molar-refractivity contribution in [2.24, 2.45) is 0 Å². The number of benzene rings is 3. The highest BCUT2D eigenvalue weighted by Crippen LogP contribution is 2.16. The third-order valence-corrected chi connectivity index (χ3v) is 3.82. The van der Waals surface area contributed by atoms with Crippen molar-refractivity contribution in [3.8, 4) is 17.6 Å². The maximum atomic E-state index is 12.9. The number of hydrogen-bond donors (Lipinski definition) is 0. The molecule has 0 aliphatic carbocycles. The van der Waals surface area contributed by atoms with Crippen molar-refractivity contribution in [3.63, 3.8) is 0 Å². The van der Waals surface area contributed by atoms with Gasteiger partial charge in [0.2, 0.25) is 5.78 Å². The molecule has 0 aliphatic rings. The van der Waals surface area contributed by atoms with E-state index in [1.54, 1.807) is 19.2 Å². The van der Waals surface area contributed by atoms with Gasteiger partial charge in [-0.15, -0.1) is 0 Å². The van der Waals surface area contributed by atoms with E-state index in [9.17, 15) is 4.79 Å². The van der Waals surface area contributed by atoms with E-state index in [0.717, 1.165) is 16.9 Å². The lowest BCUT2D eigenvalue weighted by Crippen LogP contribution is -2.01. The van der Waals surface area contributed by atoms with Gasteiger partial charge in [-0.1, -0.05) is 72.5 Å². The van der Waals surface area contributed by atoms with Crippen LogP contribution in [0.4, 0.5) is 0 Å². The molecule has 0 spiro atoms. The predicted octanol–water partition coefficient (Wildman–Crippen LogP) is 5.01. The topological polar surface area (TPSA) is 26.3 Å². The van der Waals surface area contributed by atoms with E-state index in [1.165, 1.54) is 0 Å². The van der Waals surface area contributed by atoms with Crippen LogP contribution in [-0.2, 0) is 0 Å². The van der Waals surface area contributed by atoms with Crippen molar-refractivity contribution in [1.29, 1.82) is 0 Å². The van der Waals surface area contributed by atoms with Gasteiger partial charge >= 0.3 is 0 Å². The normalized spacial score (nSPS) is 10.6. The SMILES string of the molecule is COc1ccc(/C=C(\C#Cc2ccccc2)C(=O)c2ccccc2)cc1. The van der Waals surface area contributed by atoms with Gasteiger partial charge in [-0.3, -0.25) is 4.79 Å². The molecule has 0 radical (unpaired) electrons. The quantitative estimate of drug-likeness (QED) is 0.380. The van der Waals surface area contributed by atoms with Crippen molar-refractivity contribution in [3.05, 3.63) is 107 Å². The van der Waals surface area contributed by atoms with E-state index in [4.69, 9.17) is 4.74 Å². The molecule has 0 amide bonds. The largest absolute Gasteiger partial charge is 0.497 e. The Balaban J connectivity index is 1.99. The van der Waals surface area contributed by atoms with Crippen molar-refractivity contribution >= 4 is 11.9 Å². The number of ether oxygens (including phenoxy) is 1. The molecular formula is C24H18O2. The Morgan fingerprint density at radius 2 is 1.46 bits per heavy atom. The van der Waals surface area contributed by atoms with E-state index in [1.807, 2.05) is 78.9 Å². The minimum Gasteiger partial charge on any atom is -0.497 e. The number of carbonyl (C=O) groups is 1. The van der Waals surface area contributed by atoms with Crippen LogP contribution in [0, 0.1) is 11.8 Å². The molecule has 0 heterocycles. The number of ketones is 1. The molecule has 2 heteroatoms. The number of carbonyl (C=O) groups excluding carboxylic acids is 1. The minimum atomic E-state index is -0.0927. The molecule has 0 aliphatic heterocycles. The Bertz CT molecular complexity index is 957. The Morgan fingerprint density at radius 3 is 2.08 bits per heavy atom. The van der Waals surface area contributed by atoms with Crippen LogP contribution in [0.1, 0.15) is 21.5 Å². The number of Topliss-reactive ketones (excluding diaryl/α,β-unsaturated/α-hetero) is 1. The number of hydrogen-bond acceptors (Lipinski definition) is 2. The summed E-state index contributed by atoms with van der Waals surface area (Å²) in [5.41, 5.74) is 2.83. The fourth-order valence-electron chi connectivity index (χ4n) is 2.43. The Hall–Kier alpha value is -3.57. The average molecular weight is 338 g/mol. The van der Waals surface area contributed by atoms with Crippen LogP contribution in [0.5, 0.6) is 5.75 Å². The van der Waals surface area contributed by atoms with Crippen LogP contribution < -0.4 is 4.74 Å². The lowest BCUT2D eigenvalue weighted by Gasteiger charge is -2.03. The summed E-state index contributed by atoms with van der Waals surface area (Å²) in [5.74, 6) is 6.80. The molecule has 3 aromatic carbocycles. The van der Waals surface area contributed by atoms with Crippen molar-refractivity contribution < 1.29 is 9.53 Å². The molecule has 0 unspecified atom stereocenters. The van der Waals surface area contributed by atoms with E-state index in [0.29, 0.717) is 11.1 Å². The molecule has 0 N–H and O–H groups in total. The zero-order valence-corrected chi connectivity index (χ0v) is 14.5. The standard InChI is InChI=1S/C24H18O2/c1-26-23-16-13-20(14-17-23)18-22(15-12-19-8-4-2-5-9-19)24(25)21-10-6-3-7-11-21/h2-11,13-14,16-18H,1H3/b22-18+. The van der Waals surface area contributed by atoms with E-state index in [2.05, 4.69) is 11.8 Å². The molecule has 3 rings (SSSR count). The maximum Gasteiger partial charge on any atom is 0.201 e. The zero-order chi connectivity index (χ0) is 18.2. The monoisotopic (exact) mass is 338 g/mol. The first-order valence-electron chi connectivity index (χ1n) is 8.29. The molecular weight excluding hydrogens is 320 g/mol. The van der Waals surface area contributed by atoms with Gasteiger partial charge < -0.3 is 4.74 Å².